The van der Waals surface area contributed by atoms with Gasteiger partial charge in [0.05, 0.1) is 5.60 Å². The van der Waals surface area contributed by atoms with E-state index >= 15 is 0 Å². The van der Waals surface area contributed by atoms with Gasteiger partial charge >= 0.3 is 0 Å². The highest BCUT2D eigenvalue weighted by atomic mass is 16.5. The van der Waals surface area contributed by atoms with Crippen molar-refractivity contribution in [2.45, 2.75) is 52.1 Å². The summed E-state index contributed by atoms with van der Waals surface area (Å²) in [5, 5.41) is 3.17. The van der Waals surface area contributed by atoms with Crippen molar-refractivity contribution in [1.82, 2.24) is 10.2 Å². The summed E-state index contributed by atoms with van der Waals surface area (Å²) in [7, 11) is 0. The number of hydrogen-bond acceptors (Lipinski definition) is 3. The Morgan fingerprint density at radius 3 is 2.17 bits per heavy atom. The highest BCUT2D eigenvalue weighted by molar-refractivity contribution is 5.77. The second-order valence-corrected chi connectivity index (χ2v) is 5.43. The first-order chi connectivity index (χ1) is 8.61. The summed E-state index contributed by atoms with van der Waals surface area (Å²) in [6.07, 6.45) is 4.40. The topological polar surface area (TPSA) is 41.6 Å². The van der Waals surface area contributed by atoms with E-state index in [0.717, 1.165) is 51.9 Å². The van der Waals surface area contributed by atoms with E-state index in [4.69, 9.17) is 4.74 Å². The molecule has 0 spiro atoms. The van der Waals surface area contributed by atoms with E-state index in [1.807, 2.05) is 4.90 Å². The van der Waals surface area contributed by atoms with Crippen molar-refractivity contribution in [3.63, 3.8) is 0 Å². The van der Waals surface area contributed by atoms with Gasteiger partial charge in [-0.25, -0.2) is 0 Å². The van der Waals surface area contributed by atoms with Crippen LogP contribution in [-0.2, 0) is 9.53 Å². The fourth-order valence-electron chi connectivity index (χ4n) is 1.97. The molecular formula is C14H28N2O2. The number of ether oxygens (including phenoxy) is 1. The van der Waals surface area contributed by atoms with Gasteiger partial charge in [-0.3, -0.25) is 4.79 Å². The van der Waals surface area contributed by atoms with Gasteiger partial charge in [-0.05, 0) is 19.8 Å². The number of rotatable bonds is 9. The fourth-order valence-corrected chi connectivity index (χ4v) is 1.97. The van der Waals surface area contributed by atoms with Crippen molar-refractivity contribution in [2.24, 2.45) is 0 Å². The Labute approximate surface area is 111 Å². The first kappa shape index (κ1) is 15.4. The lowest BCUT2D eigenvalue weighted by Gasteiger charge is -2.39. The Morgan fingerprint density at radius 2 is 1.78 bits per heavy atom. The predicted octanol–water partition coefficient (Wildman–Crippen LogP) is 1.79. The molecular weight excluding hydrogens is 228 g/mol. The van der Waals surface area contributed by atoms with Crippen LogP contribution in [0.5, 0.6) is 0 Å². The molecule has 0 aliphatic carbocycles. The predicted molar refractivity (Wildman–Crippen MR) is 73.6 cm³/mol. The molecule has 106 valence electrons. The molecule has 18 heavy (non-hydrogen) atoms. The number of nitrogens with one attached hydrogen (secondary N) is 1. The minimum atomic E-state index is -0.128. The molecule has 0 bridgehead atoms. The van der Waals surface area contributed by atoms with Gasteiger partial charge in [0.25, 0.3) is 0 Å². The van der Waals surface area contributed by atoms with Gasteiger partial charge in [0.2, 0.25) is 5.91 Å². The van der Waals surface area contributed by atoms with Crippen LogP contribution in [-0.4, -0.2) is 49.2 Å². The average molecular weight is 256 g/mol. The molecule has 1 rings (SSSR count). The van der Waals surface area contributed by atoms with Crippen molar-refractivity contribution < 1.29 is 9.53 Å². The summed E-state index contributed by atoms with van der Waals surface area (Å²) in [5.74, 6) is 0.144. The lowest BCUT2D eigenvalue weighted by Crippen LogP contribution is -2.59. The van der Waals surface area contributed by atoms with Gasteiger partial charge in [0.1, 0.15) is 6.61 Å². The molecule has 0 aromatic rings. The summed E-state index contributed by atoms with van der Waals surface area (Å²) in [6.45, 7) is 10.0. The molecule has 0 radical (unpaired) electrons. The minimum absolute atomic E-state index is 0.128. The van der Waals surface area contributed by atoms with Gasteiger partial charge in [-0.1, -0.05) is 26.7 Å². The Bertz CT molecular complexity index is 244. The summed E-state index contributed by atoms with van der Waals surface area (Å²) in [6, 6.07) is 0. The monoisotopic (exact) mass is 256 g/mol. The van der Waals surface area contributed by atoms with E-state index in [1.54, 1.807) is 0 Å². The Hall–Kier alpha value is -0.610. The van der Waals surface area contributed by atoms with Crippen LogP contribution in [0.3, 0.4) is 0 Å². The SMILES string of the molecule is CCCCN(CCCC)C(=O)COC1(C)CNC1. The molecule has 0 unspecified atom stereocenters. The third kappa shape index (κ3) is 4.94. The highest BCUT2D eigenvalue weighted by Crippen LogP contribution is 2.15. The molecule has 1 saturated heterocycles. The second kappa shape index (κ2) is 7.74. The molecule has 0 aromatic heterocycles. The minimum Gasteiger partial charge on any atom is -0.363 e. The third-order valence-electron chi connectivity index (χ3n) is 3.46. The van der Waals surface area contributed by atoms with Crippen molar-refractivity contribution in [1.29, 1.82) is 0 Å². The zero-order chi connectivity index (χ0) is 13.4. The first-order valence-corrected chi connectivity index (χ1v) is 7.23. The molecule has 1 aliphatic rings. The lowest BCUT2D eigenvalue weighted by atomic mass is 10.0. The standard InChI is InChI=1S/C14H28N2O2/c1-4-6-8-16(9-7-5-2)13(17)10-18-14(3)11-15-12-14/h15H,4-12H2,1-3H3. The summed E-state index contributed by atoms with van der Waals surface area (Å²) in [5.41, 5.74) is -0.128. The largest absolute Gasteiger partial charge is 0.363 e. The number of nitrogens with zero attached hydrogens (tertiary/aromatic N) is 1. The maximum Gasteiger partial charge on any atom is 0.248 e. The molecule has 4 nitrogen and oxygen atoms in total. The van der Waals surface area contributed by atoms with Crippen molar-refractivity contribution in [2.75, 3.05) is 32.8 Å². The van der Waals surface area contributed by atoms with Gasteiger partial charge in [0.15, 0.2) is 0 Å². The van der Waals surface area contributed by atoms with E-state index in [0.29, 0.717) is 0 Å². The number of carbonyl (C=O) groups is 1. The van der Waals surface area contributed by atoms with E-state index in [2.05, 4.69) is 26.1 Å². The average Bonchev–Trinajstić information content (AvgIpc) is 2.34. The van der Waals surface area contributed by atoms with Crippen LogP contribution in [0.25, 0.3) is 0 Å². The Morgan fingerprint density at radius 1 is 1.22 bits per heavy atom. The number of hydrogen-bond donors (Lipinski definition) is 1. The molecule has 0 aromatic carbocycles. The van der Waals surface area contributed by atoms with Crippen LogP contribution in [0.4, 0.5) is 0 Å². The molecule has 1 N–H and O–H groups in total. The zero-order valence-corrected chi connectivity index (χ0v) is 12.1. The zero-order valence-electron chi connectivity index (χ0n) is 12.1. The number of carbonyl (C=O) groups excluding carboxylic acids is 1. The molecule has 0 atom stereocenters. The van der Waals surface area contributed by atoms with Crippen LogP contribution in [0.15, 0.2) is 0 Å². The maximum atomic E-state index is 12.1. The second-order valence-electron chi connectivity index (χ2n) is 5.43. The van der Waals surface area contributed by atoms with Crippen molar-refractivity contribution >= 4 is 5.91 Å². The fraction of sp³-hybridized carbons (Fsp3) is 0.929. The third-order valence-corrected chi connectivity index (χ3v) is 3.46. The van der Waals surface area contributed by atoms with Crippen LogP contribution < -0.4 is 5.32 Å². The molecule has 4 heteroatoms. The summed E-state index contributed by atoms with van der Waals surface area (Å²) >= 11 is 0. The van der Waals surface area contributed by atoms with E-state index in [-0.39, 0.29) is 18.1 Å². The van der Waals surface area contributed by atoms with E-state index in [9.17, 15) is 4.79 Å². The Kier molecular flexibility index (Phi) is 6.65. The van der Waals surface area contributed by atoms with Crippen molar-refractivity contribution in [3.8, 4) is 0 Å². The Balaban J connectivity index is 2.32. The van der Waals surface area contributed by atoms with Crippen molar-refractivity contribution in [3.05, 3.63) is 0 Å². The van der Waals surface area contributed by atoms with Gasteiger partial charge in [-0.2, -0.15) is 0 Å². The molecule has 0 saturated carbocycles. The smallest absolute Gasteiger partial charge is 0.248 e. The summed E-state index contributed by atoms with van der Waals surface area (Å²) < 4.78 is 5.71. The van der Waals surface area contributed by atoms with Gasteiger partial charge in [-0.15, -0.1) is 0 Å². The van der Waals surface area contributed by atoms with Crippen LogP contribution in [0, 0.1) is 0 Å². The van der Waals surface area contributed by atoms with E-state index in [1.165, 1.54) is 0 Å². The normalized spacial score (nSPS) is 17.3. The van der Waals surface area contributed by atoms with Crippen LogP contribution >= 0.6 is 0 Å². The number of unbranched alkanes of at least 4 members (excludes halogenated alkanes) is 2. The molecule has 1 heterocycles. The van der Waals surface area contributed by atoms with E-state index < -0.39 is 0 Å². The first-order valence-electron chi connectivity index (χ1n) is 7.23. The quantitative estimate of drug-likeness (QED) is 0.684. The van der Waals surface area contributed by atoms with Crippen LogP contribution in [0.2, 0.25) is 0 Å². The van der Waals surface area contributed by atoms with Crippen LogP contribution in [0.1, 0.15) is 46.5 Å². The molecule has 1 aliphatic heterocycles. The summed E-state index contributed by atoms with van der Waals surface area (Å²) in [4.78, 5) is 14.1. The molecule has 1 amide bonds. The van der Waals surface area contributed by atoms with Gasteiger partial charge in [0, 0.05) is 26.2 Å². The highest BCUT2D eigenvalue weighted by Gasteiger charge is 2.33. The maximum absolute atomic E-state index is 12.1. The number of amides is 1. The lowest BCUT2D eigenvalue weighted by molar-refractivity contribution is -0.146. The molecule has 1 fully saturated rings. The van der Waals surface area contributed by atoms with Gasteiger partial charge < -0.3 is 15.0 Å².